The summed E-state index contributed by atoms with van der Waals surface area (Å²) in [6.07, 6.45) is -0.549. The highest BCUT2D eigenvalue weighted by Crippen LogP contribution is 2.54. The Morgan fingerprint density at radius 1 is 1.05 bits per heavy atom. The number of benzene rings is 2. The number of esters is 2. The zero-order valence-corrected chi connectivity index (χ0v) is 21.4. The highest BCUT2D eigenvalue weighted by Gasteiger charge is 2.62. The van der Waals surface area contributed by atoms with Gasteiger partial charge in [0.05, 0.1) is 13.2 Å². The number of hydrogen-bond donors (Lipinski definition) is 2. The molecule has 3 N–H and O–H groups in total. The second-order valence-electron chi connectivity index (χ2n) is 8.53. The van der Waals surface area contributed by atoms with Gasteiger partial charge >= 0.3 is 11.9 Å². The molecule has 0 aliphatic carbocycles. The summed E-state index contributed by atoms with van der Waals surface area (Å²) in [5.41, 5.74) is 4.31. The summed E-state index contributed by atoms with van der Waals surface area (Å²) in [5, 5.41) is 12.9. The van der Waals surface area contributed by atoms with E-state index in [0.717, 1.165) is 0 Å². The van der Waals surface area contributed by atoms with Gasteiger partial charge in [-0.3, -0.25) is 14.4 Å². The molecule has 0 saturated heterocycles. The van der Waals surface area contributed by atoms with E-state index in [1.165, 1.54) is 4.90 Å². The van der Waals surface area contributed by atoms with Crippen LogP contribution in [0.15, 0.2) is 77.4 Å². The number of nitriles is 1. The number of carbonyl (C=O) groups is 4. The Morgan fingerprint density at radius 3 is 2.38 bits per heavy atom. The van der Waals surface area contributed by atoms with E-state index in [4.69, 9.17) is 19.9 Å². The minimum absolute atomic E-state index is 0.0623. The molecule has 200 valence electrons. The quantitative estimate of drug-likeness (QED) is 0.488. The lowest BCUT2D eigenvalue weighted by Crippen LogP contribution is -2.50. The van der Waals surface area contributed by atoms with Crippen LogP contribution in [0.25, 0.3) is 0 Å². The van der Waals surface area contributed by atoms with Crippen LogP contribution in [0.1, 0.15) is 25.8 Å². The Balaban J connectivity index is 1.90. The molecular formula is C28H26N4O7. The average molecular weight is 531 g/mol. The zero-order valence-electron chi connectivity index (χ0n) is 21.4. The molecule has 2 aliphatic rings. The van der Waals surface area contributed by atoms with Crippen molar-refractivity contribution in [3.8, 4) is 6.07 Å². The minimum Gasteiger partial charge on any atom is -0.466 e. The lowest BCUT2D eigenvalue weighted by molar-refractivity contribution is -0.143. The van der Waals surface area contributed by atoms with E-state index in [1.807, 2.05) is 6.07 Å². The van der Waals surface area contributed by atoms with E-state index in [0.29, 0.717) is 5.69 Å². The van der Waals surface area contributed by atoms with Crippen LogP contribution in [0.4, 0.5) is 11.4 Å². The van der Waals surface area contributed by atoms with E-state index in [2.05, 4.69) is 5.32 Å². The van der Waals surface area contributed by atoms with Gasteiger partial charge in [0, 0.05) is 16.9 Å². The maximum atomic E-state index is 14.4. The number of nitrogens with two attached hydrogens (primary N) is 1. The van der Waals surface area contributed by atoms with Crippen LogP contribution in [0.2, 0.25) is 0 Å². The Morgan fingerprint density at radius 2 is 1.72 bits per heavy atom. The van der Waals surface area contributed by atoms with E-state index in [1.54, 1.807) is 68.4 Å². The SMILES string of the molecule is CCOC(=O)CC1=C(C(=O)OCC)[C@]2(C(=O)N(CC(=O)Nc3ccccc3)c3ccccc32)C(C#N)=C(N)O1. The normalized spacial score (nSPS) is 17.9. The molecule has 2 aliphatic heterocycles. The molecule has 2 heterocycles. The van der Waals surface area contributed by atoms with Gasteiger partial charge in [0.2, 0.25) is 17.7 Å². The Kier molecular flexibility index (Phi) is 7.67. The van der Waals surface area contributed by atoms with Crippen LogP contribution in [-0.2, 0) is 38.8 Å². The monoisotopic (exact) mass is 530 g/mol. The van der Waals surface area contributed by atoms with Crippen molar-refractivity contribution in [1.82, 2.24) is 0 Å². The van der Waals surface area contributed by atoms with Gasteiger partial charge in [0.1, 0.15) is 35.9 Å². The Hall–Kier alpha value is -5.11. The first-order valence-electron chi connectivity index (χ1n) is 12.2. The summed E-state index contributed by atoms with van der Waals surface area (Å²) in [7, 11) is 0. The second-order valence-corrected chi connectivity index (χ2v) is 8.53. The lowest BCUT2D eigenvalue weighted by Gasteiger charge is -2.35. The summed E-state index contributed by atoms with van der Waals surface area (Å²) in [6.45, 7) is 2.74. The predicted octanol–water partition coefficient (Wildman–Crippen LogP) is 2.40. The van der Waals surface area contributed by atoms with Crippen LogP contribution in [0, 0.1) is 11.3 Å². The molecule has 0 saturated carbocycles. The second kappa shape index (κ2) is 11.1. The van der Waals surface area contributed by atoms with E-state index < -0.39 is 48.0 Å². The highest BCUT2D eigenvalue weighted by atomic mass is 16.5. The van der Waals surface area contributed by atoms with Crippen molar-refractivity contribution in [2.24, 2.45) is 5.73 Å². The lowest BCUT2D eigenvalue weighted by atomic mass is 9.68. The van der Waals surface area contributed by atoms with Gasteiger partial charge in [-0.25, -0.2) is 4.79 Å². The standard InChI is InChI=1S/C28H26N4O7/c1-3-37-23(34)14-21-24(26(35)38-4-2)28(19(15-29)25(30)39-21)18-12-8-9-13-20(18)32(27(28)36)16-22(33)31-17-10-6-5-7-11-17/h5-13H,3-4,14,16,30H2,1-2H3,(H,31,33)/t28-/m1/s1. The molecule has 1 spiro atoms. The van der Waals surface area contributed by atoms with Crippen LogP contribution in [0.5, 0.6) is 0 Å². The van der Waals surface area contributed by atoms with Gasteiger partial charge in [-0.2, -0.15) is 5.26 Å². The number of nitrogens with one attached hydrogen (secondary N) is 1. The third kappa shape index (κ3) is 4.68. The third-order valence-electron chi connectivity index (χ3n) is 6.23. The molecule has 0 bridgehead atoms. The summed E-state index contributed by atoms with van der Waals surface area (Å²) in [5.74, 6) is -3.76. The number of fused-ring (bicyclic) bond motifs is 2. The number of anilines is 2. The fourth-order valence-corrected chi connectivity index (χ4v) is 4.79. The van der Waals surface area contributed by atoms with Gasteiger partial charge in [-0.05, 0) is 32.0 Å². The van der Waals surface area contributed by atoms with Crippen molar-refractivity contribution in [2.45, 2.75) is 25.7 Å². The maximum Gasteiger partial charge on any atom is 0.339 e. The smallest absolute Gasteiger partial charge is 0.339 e. The molecule has 2 amide bonds. The van der Waals surface area contributed by atoms with Crippen LogP contribution >= 0.6 is 0 Å². The van der Waals surface area contributed by atoms with Gasteiger partial charge in [-0.1, -0.05) is 36.4 Å². The molecule has 39 heavy (non-hydrogen) atoms. The number of amides is 2. The number of ether oxygens (including phenoxy) is 3. The highest BCUT2D eigenvalue weighted by molar-refractivity contribution is 6.20. The molecule has 0 aromatic heterocycles. The third-order valence-corrected chi connectivity index (χ3v) is 6.23. The molecule has 0 fully saturated rings. The van der Waals surface area contributed by atoms with Crippen molar-refractivity contribution in [3.63, 3.8) is 0 Å². The predicted molar refractivity (Wildman–Crippen MR) is 138 cm³/mol. The van der Waals surface area contributed by atoms with E-state index >= 15 is 0 Å². The first-order chi connectivity index (χ1) is 18.8. The van der Waals surface area contributed by atoms with Gasteiger partial charge in [0.25, 0.3) is 0 Å². The van der Waals surface area contributed by atoms with Crippen molar-refractivity contribution in [2.75, 3.05) is 30.0 Å². The molecule has 2 aromatic rings. The van der Waals surface area contributed by atoms with Gasteiger partial charge < -0.3 is 30.2 Å². The van der Waals surface area contributed by atoms with Crippen molar-refractivity contribution in [1.29, 1.82) is 5.26 Å². The molecule has 2 aromatic carbocycles. The summed E-state index contributed by atoms with van der Waals surface area (Å²) in [6, 6.07) is 17.0. The molecular weight excluding hydrogens is 504 g/mol. The molecule has 0 unspecified atom stereocenters. The average Bonchev–Trinajstić information content (AvgIpc) is 3.13. The summed E-state index contributed by atoms with van der Waals surface area (Å²) < 4.78 is 15.9. The molecule has 11 heteroatoms. The zero-order chi connectivity index (χ0) is 28.2. The van der Waals surface area contributed by atoms with Gasteiger partial charge in [-0.15, -0.1) is 0 Å². The Labute approximate surface area is 224 Å². The fourth-order valence-electron chi connectivity index (χ4n) is 4.79. The molecule has 11 nitrogen and oxygen atoms in total. The van der Waals surface area contributed by atoms with E-state index in [9.17, 15) is 24.4 Å². The summed E-state index contributed by atoms with van der Waals surface area (Å²) >= 11 is 0. The molecule has 0 radical (unpaired) electrons. The van der Waals surface area contributed by atoms with Gasteiger partial charge in [0.15, 0.2) is 5.41 Å². The first-order valence-corrected chi connectivity index (χ1v) is 12.2. The van der Waals surface area contributed by atoms with Crippen molar-refractivity contribution < 1.29 is 33.4 Å². The molecule has 4 rings (SSSR count). The van der Waals surface area contributed by atoms with Crippen LogP contribution < -0.4 is 16.0 Å². The minimum atomic E-state index is -2.12. The summed E-state index contributed by atoms with van der Waals surface area (Å²) in [4.78, 5) is 54.5. The molecule has 1 atom stereocenters. The topological polar surface area (TPSA) is 161 Å². The first kappa shape index (κ1) is 26.9. The number of nitrogens with zero attached hydrogens (tertiary/aromatic N) is 2. The van der Waals surface area contributed by atoms with Crippen molar-refractivity contribution in [3.05, 3.63) is 82.9 Å². The van der Waals surface area contributed by atoms with Crippen LogP contribution in [-0.4, -0.2) is 43.5 Å². The largest absolute Gasteiger partial charge is 0.466 e. The number of carbonyl (C=O) groups excluding carboxylic acids is 4. The van der Waals surface area contributed by atoms with E-state index in [-0.39, 0.29) is 41.4 Å². The Bertz CT molecular complexity index is 1440. The number of hydrogen-bond acceptors (Lipinski definition) is 9. The van der Waals surface area contributed by atoms with Crippen molar-refractivity contribution >= 4 is 35.1 Å². The number of para-hydroxylation sites is 2. The maximum absolute atomic E-state index is 14.4. The fraction of sp³-hybridized carbons (Fsp3) is 0.250. The van der Waals surface area contributed by atoms with Crippen LogP contribution in [0.3, 0.4) is 0 Å². The number of rotatable bonds is 8.